The van der Waals surface area contributed by atoms with Gasteiger partial charge in [-0.3, -0.25) is 9.59 Å². The number of benzene rings is 2. The van der Waals surface area contributed by atoms with Crippen molar-refractivity contribution in [2.45, 2.75) is 44.3 Å². The number of carbonyl (C=O) groups excluding carboxylic acids is 2. The van der Waals surface area contributed by atoms with Gasteiger partial charge in [0.1, 0.15) is 5.75 Å². The van der Waals surface area contributed by atoms with Crippen LogP contribution in [0.2, 0.25) is 0 Å². The second kappa shape index (κ2) is 11.8. The molecule has 228 valence electrons. The van der Waals surface area contributed by atoms with E-state index < -0.39 is 154 Å². The predicted molar refractivity (Wildman–Crippen MR) is 165 cm³/mol. The van der Waals surface area contributed by atoms with E-state index in [4.69, 9.17) is 33.5 Å². The Bertz CT molecular complexity index is 2740. The Hall–Kier alpha value is -3.67. The smallest absolute Gasteiger partial charge is 0.303 e. The van der Waals surface area contributed by atoms with Gasteiger partial charge in [0.25, 0.3) is 11.8 Å². The fourth-order valence-electron chi connectivity index (χ4n) is 4.53. The maximum absolute atomic E-state index is 14.8. The van der Waals surface area contributed by atoms with Gasteiger partial charge in [-0.05, 0) is 66.2 Å². The molecule has 3 aliphatic rings. The van der Waals surface area contributed by atoms with Gasteiger partial charge in [-0.2, -0.15) is 12.7 Å². The third-order valence-corrected chi connectivity index (χ3v) is 7.80. The molecule has 3 heterocycles. The Morgan fingerprint density at radius 2 is 1.86 bits per heavy atom. The molecule has 1 fully saturated rings. The van der Waals surface area contributed by atoms with E-state index in [1.54, 1.807) is 0 Å². The number of hydrogen-bond donors (Lipinski definition) is 1. The van der Waals surface area contributed by atoms with Crippen molar-refractivity contribution in [3.05, 3.63) is 58.7 Å². The largest absolute Gasteiger partial charge is 0.497 e. The molecule has 2 amide bonds. The van der Waals surface area contributed by atoms with Crippen molar-refractivity contribution < 1.29 is 60.4 Å². The lowest BCUT2D eigenvalue weighted by Gasteiger charge is -2.24. The van der Waals surface area contributed by atoms with E-state index in [0.717, 1.165) is 24.3 Å². The minimum Gasteiger partial charge on any atom is -0.497 e. The number of methoxy groups -OCH3 is 1. The molecular weight excluding hydrogens is 568 g/mol. The zero-order valence-electron chi connectivity index (χ0n) is 46.2. The number of hydrogen-bond acceptors (Lipinski definition) is 6. The van der Waals surface area contributed by atoms with Crippen molar-refractivity contribution in [2.75, 3.05) is 47.2 Å². The van der Waals surface area contributed by atoms with Crippen molar-refractivity contribution >= 4 is 39.0 Å². The van der Waals surface area contributed by atoms with E-state index in [2.05, 4.69) is 4.74 Å². The summed E-state index contributed by atoms with van der Waals surface area (Å²) < 4.78 is 246. The zero-order valence-corrected chi connectivity index (χ0v) is 23.1. The van der Waals surface area contributed by atoms with Gasteiger partial charge in [0.2, 0.25) is 0 Å². The van der Waals surface area contributed by atoms with Gasteiger partial charge >= 0.3 is 10.2 Å². The molecule has 0 unspecified atom stereocenters. The fraction of sp³-hybridized carbons (Fsp3) is 0.438. The molecule has 10 nitrogen and oxygen atoms in total. The summed E-state index contributed by atoms with van der Waals surface area (Å²) in [4.78, 5) is 28.5. The molecule has 2 aromatic carbocycles. The number of ether oxygens (including phenoxy) is 2. The number of nitrogens with zero attached hydrogens (tertiary/aromatic N) is 3. The van der Waals surface area contributed by atoms with E-state index in [9.17, 15) is 22.1 Å². The first-order valence-corrected chi connectivity index (χ1v) is 13.7. The van der Waals surface area contributed by atoms with E-state index in [1.165, 1.54) is 4.72 Å². The molecule has 2 aliphatic heterocycles. The van der Waals surface area contributed by atoms with Crippen LogP contribution in [-0.2, 0) is 26.2 Å². The van der Waals surface area contributed by atoms with Crippen LogP contribution in [-0.4, -0.2) is 81.2 Å². The molecule has 1 aliphatic carbocycles. The topological polar surface area (TPSA) is 110 Å². The minimum absolute atomic E-state index is 0.174. The Kier molecular flexibility index (Phi) is 3.39. The van der Waals surface area contributed by atoms with Gasteiger partial charge in [0.15, 0.2) is 0 Å². The monoisotopic (exact) mass is 630 g/mol. The number of fused-ring (bicyclic) bond motifs is 4. The number of aromatic nitrogens is 1. The molecular formula is C32H38N4O6S. The molecule has 0 radical (unpaired) electrons. The second-order valence-electron chi connectivity index (χ2n) is 9.11. The Morgan fingerprint density at radius 1 is 1.07 bits per heavy atom. The summed E-state index contributed by atoms with van der Waals surface area (Å²) in [7, 11) is -7.96. The average Bonchev–Trinajstić information content (AvgIpc) is 3.47. The van der Waals surface area contributed by atoms with E-state index in [1.807, 2.05) is 0 Å². The van der Waals surface area contributed by atoms with Gasteiger partial charge in [0.05, 0.1) is 47.4 Å². The first kappa shape index (κ1) is 12.4. The molecule has 11 heteroatoms. The van der Waals surface area contributed by atoms with E-state index in [-0.39, 0.29) is 4.90 Å². The molecule has 43 heavy (non-hydrogen) atoms. The molecule has 1 saturated carbocycles. The SMILES string of the molecule is [2H]C([2H])([2H])Oc1ccc2c(c1)C=C1C(=O)N(C)C([2H])([2H])C([2H])([2H])OC([2H])([2H])C([2H])([2H])N(C)S(=O)(=O)NC(=O)c3ccc4c(C5([2H])C([2H])([2H])C([2H])([2H])C([2H])([2H])C([2H])([2H])C5([2H])[2H])c-2n(c4c3)C1([2H])[2H]. The highest BCUT2D eigenvalue weighted by Gasteiger charge is 2.31. The molecule has 1 aromatic heterocycles. The summed E-state index contributed by atoms with van der Waals surface area (Å²) in [5, 5.41) is -0.759. The summed E-state index contributed by atoms with van der Waals surface area (Å²) in [6.45, 7) is -20.2. The van der Waals surface area contributed by atoms with Crippen molar-refractivity contribution in [1.29, 1.82) is 0 Å². The normalized spacial score (nSPS) is 41.4. The first-order chi connectivity index (χ1) is 29.7. The van der Waals surface area contributed by atoms with Gasteiger partial charge in [-0.15, -0.1) is 0 Å². The van der Waals surface area contributed by atoms with Crippen LogP contribution in [0.3, 0.4) is 0 Å². The molecule has 1 N–H and O–H groups in total. The molecule has 0 atom stereocenters. The van der Waals surface area contributed by atoms with Crippen LogP contribution in [0.1, 0.15) is 92.1 Å². The van der Waals surface area contributed by atoms with Crippen LogP contribution in [0, 0.1) is 0 Å². The third-order valence-electron chi connectivity index (χ3n) is 6.54. The van der Waals surface area contributed by atoms with Crippen molar-refractivity contribution in [2.24, 2.45) is 0 Å². The average molecular weight is 631 g/mol. The molecule has 4 bridgehead atoms. The van der Waals surface area contributed by atoms with Crippen LogP contribution in [0.5, 0.6) is 5.75 Å². The zero-order chi connectivity index (χ0) is 51.7. The summed E-state index contributed by atoms with van der Waals surface area (Å²) in [6.07, 6.45) is -20.3. The molecule has 0 saturated heterocycles. The van der Waals surface area contributed by atoms with Crippen LogP contribution >= 0.6 is 0 Å². The second-order valence-corrected chi connectivity index (χ2v) is 10.8. The Balaban J connectivity index is 1.89. The van der Waals surface area contributed by atoms with Crippen LogP contribution in [0.15, 0.2) is 42.0 Å². The van der Waals surface area contributed by atoms with Crippen LogP contribution in [0.4, 0.5) is 0 Å². The van der Waals surface area contributed by atoms with Gasteiger partial charge in [-0.25, -0.2) is 4.72 Å². The minimum atomic E-state index is -5.63. The maximum atomic E-state index is 14.8. The Morgan fingerprint density at radius 3 is 2.65 bits per heavy atom. The highest BCUT2D eigenvalue weighted by atomic mass is 32.2. The summed E-state index contributed by atoms with van der Waals surface area (Å²) in [5.74, 6) is -8.29. The Labute approximate surface area is 286 Å². The summed E-state index contributed by atoms with van der Waals surface area (Å²) in [6, 6.07) is 4.72. The molecule has 0 spiro atoms. The van der Waals surface area contributed by atoms with Crippen molar-refractivity contribution in [1.82, 2.24) is 18.5 Å². The standard InChI is InChI=1S/C32H38N4O6S/c1-34-13-15-42-16-14-35(2)43(39,40)33-31(37)22-9-11-27-28(19-22)36-20-24(32(34)38)17-23-18-25(41-3)10-12-26(23)30(36)29(27)21-7-5-4-6-8-21/h9-12,17-19,21H,4-8,13-16,20H2,1-3H3,(H,33,37)/i3D3,4D2,5D2,6D2,7D2,8D2,13D2,14D2,15D2,16D2,20D2,21D. The van der Waals surface area contributed by atoms with Gasteiger partial charge < -0.3 is 18.9 Å². The summed E-state index contributed by atoms with van der Waals surface area (Å²) >= 11 is 0. The third kappa shape index (κ3) is 5.57. The van der Waals surface area contributed by atoms with Gasteiger partial charge in [-0.1, -0.05) is 25.2 Å². The van der Waals surface area contributed by atoms with Crippen molar-refractivity contribution in [3.63, 3.8) is 0 Å². The predicted octanol–water partition coefficient (Wildman–Crippen LogP) is 4.16. The number of nitrogens with one attached hydrogen (secondary N) is 1. The van der Waals surface area contributed by atoms with E-state index >= 15 is 0 Å². The lowest BCUT2D eigenvalue weighted by atomic mass is 9.81. The quantitative estimate of drug-likeness (QED) is 0.456. The van der Waals surface area contributed by atoms with Crippen LogP contribution < -0.4 is 9.46 Å². The molecule has 3 aromatic rings. The summed E-state index contributed by atoms with van der Waals surface area (Å²) in [5.41, 5.74) is -6.25. The highest BCUT2D eigenvalue weighted by Crippen LogP contribution is 2.47. The fourth-order valence-corrected chi connectivity index (χ4v) is 5.17. The van der Waals surface area contributed by atoms with Gasteiger partial charge in [0, 0.05) is 72.5 Å². The first-order valence-electron chi connectivity index (χ1n) is 24.2. The maximum Gasteiger partial charge on any atom is 0.303 e. The number of likely N-dealkylation sites (N-methyl/N-ethyl adjacent to an activating group) is 2. The number of rotatable bonds is 2. The molecule has 6 rings (SSSR count). The van der Waals surface area contributed by atoms with Crippen molar-refractivity contribution in [3.8, 4) is 17.0 Å². The lowest BCUT2D eigenvalue weighted by Crippen LogP contribution is -2.42. The number of carbonyl (C=O) groups is 2. The van der Waals surface area contributed by atoms with Crippen LogP contribution in [0.25, 0.3) is 28.2 Å². The number of amides is 2. The van der Waals surface area contributed by atoms with E-state index in [0.29, 0.717) is 36.9 Å². The lowest BCUT2D eigenvalue weighted by molar-refractivity contribution is -0.126. The highest BCUT2D eigenvalue weighted by molar-refractivity contribution is 7.87.